The van der Waals surface area contributed by atoms with Gasteiger partial charge in [0.15, 0.2) is 4.80 Å². The predicted octanol–water partition coefficient (Wildman–Crippen LogP) is 2.37. The minimum Gasteiger partial charge on any atom is -0.304 e. The summed E-state index contributed by atoms with van der Waals surface area (Å²) < 4.78 is 2.76. The summed E-state index contributed by atoms with van der Waals surface area (Å²) in [4.78, 5) is 43.0. The van der Waals surface area contributed by atoms with Crippen LogP contribution in [0.15, 0.2) is 47.5 Å². The van der Waals surface area contributed by atoms with Crippen LogP contribution in [0.25, 0.3) is 10.2 Å². The maximum absolute atomic E-state index is 12.6. The second-order valence-electron chi connectivity index (χ2n) is 6.34. The summed E-state index contributed by atoms with van der Waals surface area (Å²) in [6, 6.07) is 12.3. The van der Waals surface area contributed by atoms with Crippen LogP contribution in [0, 0.1) is 19.3 Å². The summed E-state index contributed by atoms with van der Waals surface area (Å²) in [5, 5.41) is 0. The van der Waals surface area contributed by atoms with Crippen LogP contribution in [0.5, 0.6) is 0 Å². The number of terminal acetylenes is 1. The maximum atomic E-state index is 12.6. The Labute approximate surface area is 164 Å². The Morgan fingerprint density at radius 2 is 1.79 bits per heavy atom. The average molecular weight is 389 g/mol. The van der Waals surface area contributed by atoms with E-state index in [4.69, 9.17) is 6.42 Å². The second-order valence-corrected chi connectivity index (χ2v) is 7.35. The Kier molecular flexibility index (Phi) is 4.41. The molecule has 0 saturated carbocycles. The first-order valence-corrected chi connectivity index (χ1v) is 9.38. The van der Waals surface area contributed by atoms with Gasteiger partial charge in [0.05, 0.1) is 27.9 Å². The first-order valence-electron chi connectivity index (χ1n) is 8.56. The predicted molar refractivity (Wildman–Crippen MR) is 106 cm³/mol. The van der Waals surface area contributed by atoms with Crippen LogP contribution in [0.4, 0.5) is 0 Å². The number of benzene rings is 2. The number of para-hydroxylation sites is 1. The van der Waals surface area contributed by atoms with Crippen molar-refractivity contribution in [3.05, 3.63) is 64.0 Å². The smallest absolute Gasteiger partial charge is 0.268 e. The minimum atomic E-state index is -0.579. The molecule has 3 aromatic rings. The molecule has 0 bridgehead atoms. The van der Waals surface area contributed by atoms with Gasteiger partial charge in [0, 0.05) is 0 Å². The molecule has 6 nitrogen and oxygen atoms in total. The third kappa shape index (κ3) is 2.84. The van der Waals surface area contributed by atoms with Gasteiger partial charge in [0.1, 0.15) is 6.54 Å². The van der Waals surface area contributed by atoms with Crippen LogP contribution < -0.4 is 4.80 Å². The molecule has 2 aromatic carbocycles. The van der Waals surface area contributed by atoms with E-state index < -0.39 is 24.3 Å². The molecule has 2 heterocycles. The summed E-state index contributed by atoms with van der Waals surface area (Å²) in [6.45, 7) is 1.83. The van der Waals surface area contributed by atoms with Gasteiger partial charge in [-0.2, -0.15) is 4.99 Å². The first kappa shape index (κ1) is 17.9. The number of nitrogens with zero attached hydrogens (tertiary/aromatic N) is 3. The molecule has 0 saturated heterocycles. The van der Waals surface area contributed by atoms with Crippen molar-refractivity contribution in [1.29, 1.82) is 0 Å². The fourth-order valence-electron chi connectivity index (χ4n) is 3.29. The number of imide groups is 1. The fraction of sp³-hybridized carbons (Fsp3) is 0.143. The molecule has 0 spiro atoms. The zero-order chi connectivity index (χ0) is 19.8. The molecule has 4 rings (SSSR count). The highest BCUT2D eigenvalue weighted by Crippen LogP contribution is 2.23. The fourth-order valence-corrected chi connectivity index (χ4v) is 4.42. The normalized spacial score (nSPS) is 13.9. The molecule has 0 unspecified atom stereocenters. The molecule has 1 aliphatic rings. The largest absolute Gasteiger partial charge is 0.304 e. The third-order valence-corrected chi connectivity index (χ3v) is 5.59. The average Bonchev–Trinajstić information content (AvgIpc) is 3.14. The quantitative estimate of drug-likeness (QED) is 0.510. The van der Waals surface area contributed by atoms with E-state index in [0.717, 1.165) is 20.7 Å². The zero-order valence-electron chi connectivity index (χ0n) is 15.0. The number of carbonyl (C=O) groups excluding carboxylic acids is 3. The number of aromatic nitrogens is 1. The molecule has 0 aliphatic carbocycles. The van der Waals surface area contributed by atoms with Gasteiger partial charge in [-0.25, -0.2) is 0 Å². The van der Waals surface area contributed by atoms with Crippen molar-refractivity contribution in [1.82, 2.24) is 9.47 Å². The summed E-state index contributed by atoms with van der Waals surface area (Å²) in [5.41, 5.74) is 2.57. The number of amides is 3. The number of fused-ring (bicyclic) bond motifs is 2. The van der Waals surface area contributed by atoms with Crippen molar-refractivity contribution in [3.8, 4) is 12.3 Å². The Balaban J connectivity index is 1.69. The monoisotopic (exact) mass is 389 g/mol. The van der Waals surface area contributed by atoms with E-state index in [1.165, 1.54) is 11.3 Å². The van der Waals surface area contributed by atoms with Gasteiger partial charge in [-0.1, -0.05) is 41.5 Å². The number of thiazole rings is 1. The van der Waals surface area contributed by atoms with Crippen LogP contribution in [-0.4, -0.2) is 33.7 Å². The third-order valence-electron chi connectivity index (χ3n) is 4.54. The van der Waals surface area contributed by atoms with E-state index in [1.54, 1.807) is 28.8 Å². The molecular weight excluding hydrogens is 374 g/mol. The van der Waals surface area contributed by atoms with Crippen molar-refractivity contribution >= 4 is 39.3 Å². The Hall–Kier alpha value is -3.50. The summed E-state index contributed by atoms with van der Waals surface area (Å²) in [5.74, 6) is 1.05. The molecule has 0 N–H and O–H groups in total. The highest BCUT2D eigenvalue weighted by Gasteiger charge is 2.36. The Bertz CT molecular complexity index is 1220. The van der Waals surface area contributed by atoms with E-state index in [-0.39, 0.29) is 6.54 Å². The molecule has 28 heavy (non-hydrogen) atoms. The van der Waals surface area contributed by atoms with Crippen LogP contribution in [0.3, 0.4) is 0 Å². The lowest BCUT2D eigenvalue weighted by Gasteiger charge is -2.10. The lowest BCUT2D eigenvalue weighted by molar-refractivity contribution is -0.118. The van der Waals surface area contributed by atoms with Gasteiger partial charge < -0.3 is 4.57 Å². The Morgan fingerprint density at radius 3 is 2.43 bits per heavy atom. The van der Waals surface area contributed by atoms with Crippen molar-refractivity contribution < 1.29 is 14.4 Å². The number of hydrogen-bond acceptors (Lipinski definition) is 4. The van der Waals surface area contributed by atoms with Crippen LogP contribution in [0.1, 0.15) is 26.3 Å². The molecule has 0 fully saturated rings. The van der Waals surface area contributed by atoms with Gasteiger partial charge in [-0.15, -0.1) is 6.42 Å². The molecule has 0 atom stereocenters. The van der Waals surface area contributed by atoms with Gasteiger partial charge in [-0.3, -0.25) is 19.3 Å². The van der Waals surface area contributed by atoms with Crippen LogP contribution >= 0.6 is 11.3 Å². The highest BCUT2D eigenvalue weighted by molar-refractivity contribution is 7.16. The molecule has 3 amide bonds. The van der Waals surface area contributed by atoms with Gasteiger partial charge in [0.2, 0.25) is 0 Å². The highest BCUT2D eigenvalue weighted by atomic mass is 32.1. The van der Waals surface area contributed by atoms with E-state index >= 15 is 0 Å². The number of hydrogen-bond donors (Lipinski definition) is 0. The maximum Gasteiger partial charge on any atom is 0.268 e. The topological polar surface area (TPSA) is 71.7 Å². The summed E-state index contributed by atoms with van der Waals surface area (Å²) >= 11 is 1.34. The molecule has 1 aromatic heterocycles. The SMILES string of the molecule is C#CCn1c(=NC(=O)CN2C(=O)c3ccccc3C2=O)sc2cccc(C)c21. The molecule has 0 radical (unpaired) electrons. The van der Waals surface area contributed by atoms with Gasteiger partial charge >= 0.3 is 0 Å². The van der Waals surface area contributed by atoms with Crippen molar-refractivity contribution in [3.63, 3.8) is 0 Å². The van der Waals surface area contributed by atoms with E-state index in [9.17, 15) is 14.4 Å². The van der Waals surface area contributed by atoms with Crippen molar-refractivity contribution in [2.24, 2.45) is 4.99 Å². The first-order chi connectivity index (χ1) is 13.5. The lowest BCUT2D eigenvalue weighted by Crippen LogP contribution is -2.35. The minimum absolute atomic E-state index is 0.268. The lowest BCUT2D eigenvalue weighted by atomic mass is 10.1. The summed E-state index contributed by atoms with van der Waals surface area (Å²) in [7, 11) is 0. The van der Waals surface area contributed by atoms with Crippen molar-refractivity contribution in [2.75, 3.05) is 6.54 Å². The number of rotatable bonds is 3. The molecule has 138 valence electrons. The standard InChI is InChI=1S/C21H15N3O3S/c1-3-11-23-18-13(2)7-6-10-16(18)28-21(23)22-17(25)12-24-19(26)14-8-4-5-9-15(14)20(24)27/h1,4-10H,11-12H2,2H3. The van der Waals surface area contributed by atoms with Crippen molar-refractivity contribution in [2.45, 2.75) is 13.5 Å². The van der Waals surface area contributed by atoms with E-state index in [0.29, 0.717) is 15.9 Å². The van der Waals surface area contributed by atoms with Gasteiger partial charge in [-0.05, 0) is 30.7 Å². The molecule has 1 aliphatic heterocycles. The summed E-state index contributed by atoms with van der Waals surface area (Å²) in [6.07, 6.45) is 5.49. The second kappa shape index (κ2) is 6.91. The molecule has 7 heteroatoms. The van der Waals surface area contributed by atoms with Crippen LogP contribution in [-0.2, 0) is 11.3 Å². The molecular formula is C21H15N3O3S. The van der Waals surface area contributed by atoms with E-state index in [2.05, 4.69) is 10.9 Å². The zero-order valence-corrected chi connectivity index (χ0v) is 15.8. The van der Waals surface area contributed by atoms with E-state index in [1.807, 2.05) is 25.1 Å². The number of aryl methyl sites for hydroxylation is 1. The van der Waals surface area contributed by atoms with Crippen LogP contribution in [0.2, 0.25) is 0 Å². The Morgan fingerprint density at radius 1 is 1.11 bits per heavy atom. The number of carbonyl (C=O) groups is 3. The van der Waals surface area contributed by atoms with Gasteiger partial charge in [0.25, 0.3) is 17.7 Å².